The first-order valence-corrected chi connectivity index (χ1v) is 8.53. The Morgan fingerprint density at radius 2 is 2.12 bits per heavy atom. The Balaban J connectivity index is 1.64. The van der Waals surface area contributed by atoms with Crippen molar-refractivity contribution in [3.05, 3.63) is 65.0 Å². The van der Waals surface area contributed by atoms with Crippen molar-refractivity contribution in [1.29, 1.82) is 0 Å². The van der Waals surface area contributed by atoms with Gasteiger partial charge in [0.2, 0.25) is 0 Å². The van der Waals surface area contributed by atoms with Gasteiger partial charge in [-0.15, -0.1) is 16.4 Å². The maximum absolute atomic E-state index is 4.54. The van der Waals surface area contributed by atoms with Gasteiger partial charge in [0.05, 0.1) is 28.6 Å². The van der Waals surface area contributed by atoms with E-state index in [9.17, 15) is 0 Å². The van der Waals surface area contributed by atoms with E-state index in [4.69, 9.17) is 0 Å². The van der Waals surface area contributed by atoms with E-state index in [0.29, 0.717) is 0 Å². The lowest BCUT2D eigenvalue weighted by atomic mass is 10.1. The molecule has 120 valence electrons. The summed E-state index contributed by atoms with van der Waals surface area (Å²) in [6.45, 7) is 4.08. The molecule has 0 radical (unpaired) electrons. The van der Waals surface area contributed by atoms with Gasteiger partial charge in [-0.1, -0.05) is 17.3 Å². The van der Waals surface area contributed by atoms with Gasteiger partial charge in [0, 0.05) is 23.3 Å². The largest absolute Gasteiger partial charge is 0.244 e. The van der Waals surface area contributed by atoms with E-state index in [2.05, 4.69) is 38.8 Å². The van der Waals surface area contributed by atoms with Crippen molar-refractivity contribution >= 4 is 11.3 Å². The van der Waals surface area contributed by atoms with Gasteiger partial charge in [-0.3, -0.25) is 0 Å². The number of hydrogen-bond acceptors (Lipinski definition) is 5. The van der Waals surface area contributed by atoms with Gasteiger partial charge >= 0.3 is 0 Å². The molecule has 1 aromatic carbocycles. The predicted octanol–water partition coefficient (Wildman–Crippen LogP) is 3.51. The summed E-state index contributed by atoms with van der Waals surface area (Å²) in [6, 6.07) is 10.1. The molecule has 0 bridgehead atoms. The molecule has 24 heavy (non-hydrogen) atoms. The van der Waals surface area contributed by atoms with Crippen LogP contribution in [-0.4, -0.2) is 29.8 Å². The van der Waals surface area contributed by atoms with Gasteiger partial charge in [-0.05, 0) is 32.0 Å². The summed E-state index contributed by atoms with van der Waals surface area (Å²) in [5.74, 6) is 0. The fraction of sp³-hybridized carbons (Fsp3) is 0.176. The molecule has 0 N–H and O–H groups in total. The van der Waals surface area contributed by atoms with Crippen LogP contribution in [0.15, 0.2) is 54.3 Å². The quantitative estimate of drug-likeness (QED) is 0.572. The first kappa shape index (κ1) is 14.8. The molecule has 3 aromatic heterocycles. The molecule has 0 aliphatic rings. The third-order valence-corrected chi connectivity index (χ3v) is 4.67. The topological polar surface area (TPSA) is 61.4 Å². The van der Waals surface area contributed by atoms with E-state index in [1.54, 1.807) is 17.5 Å². The van der Waals surface area contributed by atoms with Crippen LogP contribution in [0.25, 0.3) is 16.9 Å². The highest BCUT2D eigenvalue weighted by atomic mass is 32.1. The molecule has 0 aliphatic heterocycles. The lowest BCUT2D eigenvalue weighted by Gasteiger charge is -2.07. The molecule has 0 fully saturated rings. The molecule has 3 heterocycles. The van der Waals surface area contributed by atoms with Crippen LogP contribution in [0.5, 0.6) is 0 Å². The fourth-order valence-corrected chi connectivity index (χ4v) is 3.23. The van der Waals surface area contributed by atoms with Crippen LogP contribution in [0.2, 0.25) is 0 Å². The van der Waals surface area contributed by atoms with Gasteiger partial charge in [0.15, 0.2) is 0 Å². The molecule has 0 unspecified atom stereocenters. The maximum atomic E-state index is 4.54. The minimum absolute atomic E-state index is 0.0606. The molecule has 0 amide bonds. The first-order valence-electron chi connectivity index (χ1n) is 7.65. The van der Waals surface area contributed by atoms with Crippen LogP contribution < -0.4 is 0 Å². The van der Waals surface area contributed by atoms with Crippen molar-refractivity contribution in [2.75, 3.05) is 0 Å². The number of hydrogen-bond donors (Lipinski definition) is 0. The molecule has 0 aliphatic carbocycles. The summed E-state index contributed by atoms with van der Waals surface area (Å²) in [7, 11) is 0. The molecular weight excluding hydrogens is 320 g/mol. The SMILES string of the molecule is Cc1nc([C@@H](C)n2cc(-c3cccc(-n4cccn4)c3)nn2)cs1. The number of rotatable bonds is 4. The van der Waals surface area contributed by atoms with Crippen molar-refractivity contribution in [1.82, 2.24) is 29.8 Å². The molecular formula is C17H16N6S. The predicted molar refractivity (Wildman–Crippen MR) is 93.2 cm³/mol. The molecule has 0 saturated carbocycles. The van der Waals surface area contributed by atoms with Crippen LogP contribution in [0.1, 0.15) is 23.7 Å². The zero-order valence-electron chi connectivity index (χ0n) is 13.4. The Morgan fingerprint density at radius 3 is 2.88 bits per heavy atom. The van der Waals surface area contributed by atoms with Crippen LogP contribution in [0, 0.1) is 6.92 Å². The van der Waals surface area contributed by atoms with E-state index in [1.165, 1.54) is 0 Å². The molecule has 0 spiro atoms. The summed E-state index contributed by atoms with van der Waals surface area (Å²) in [5.41, 5.74) is 3.85. The van der Waals surface area contributed by atoms with Crippen molar-refractivity contribution < 1.29 is 0 Å². The van der Waals surface area contributed by atoms with Gasteiger partial charge in [-0.25, -0.2) is 14.3 Å². The minimum Gasteiger partial charge on any atom is -0.244 e. The second-order valence-electron chi connectivity index (χ2n) is 5.55. The highest BCUT2D eigenvalue weighted by molar-refractivity contribution is 7.09. The lowest BCUT2D eigenvalue weighted by molar-refractivity contribution is 0.533. The van der Waals surface area contributed by atoms with E-state index in [0.717, 1.165) is 27.6 Å². The molecule has 6 nitrogen and oxygen atoms in total. The van der Waals surface area contributed by atoms with Crippen molar-refractivity contribution in [2.24, 2.45) is 0 Å². The number of benzene rings is 1. The van der Waals surface area contributed by atoms with Crippen molar-refractivity contribution in [3.63, 3.8) is 0 Å². The smallest absolute Gasteiger partial charge is 0.113 e. The van der Waals surface area contributed by atoms with Crippen LogP contribution in [0.4, 0.5) is 0 Å². The van der Waals surface area contributed by atoms with Crippen molar-refractivity contribution in [3.8, 4) is 16.9 Å². The van der Waals surface area contributed by atoms with Gasteiger partial charge < -0.3 is 0 Å². The summed E-state index contributed by atoms with van der Waals surface area (Å²) < 4.78 is 3.68. The van der Waals surface area contributed by atoms with E-state index < -0.39 is 0 Å². The highest BCUT2D eigenvalue weighted by Gasteiger charge is 2.14. The second kappa shape index (κ2) is 6.01. The van der Waals surface area contributed by atoms with Gasteiger partial charge in [0.1, 0.15) is 5.69 Å². The Labute approximate surface area is 143 Å². The van der Waals surface area contributed by atoms with Gasteiger partial charge in [0.25, 0.3) is 0 Å². The summed E-state index contributed by atoms with van der Waals surface area (Å²) in [4.78, 5) is 4.54. The Kier molecular flexibility index (Phi) is 3.70. The number of thiazole rings is 1. The van der Waals surface area contributed by atoms with Crippen LogP contribution in [0.3, 0.4) is 0 Å². The third-order valence-electron chi connectivity index (χ3n) is 3.88. The minimum atomic E-state index is 0.0606. The first-order chi connectivity index (χ1) is 11.7. The van der Waals surface area contributed by atoms with E-state index >= 15 is 0 Å². The Hall–Kier alpha value is -2.80. The lowest BCUT2D eigenvalue weighted by Crippen LogP contribution is -2.07. The summed E-state index contributed by atoms with van der Waals surface area (Å²) in [6.07, 6.45) is 5.64. The summed E-state index contributed by atoms with van der Waals surface area (Å²) in [5, 5.41) is 16.0. The molecule has 4 rings (SSSR count). The van der Waals surface area contributed by atoms with Gasteiger partial charge in [-0.2, -0.15) is 5.10 Å². The average Bonchev–Trinajstić information content (AvgIpc) is 3.35. The standard InChI is InChI=1S/C17H16N6S/c1-12(17-11-24-13(2)19-17)23-10-16(20-21-23)14-5-3-6-15(9-14)22-8-4-7-18-22/h3-12H,1-2H3/t12-/m1/s1. The average molecular weight is 336 g/mol. The number of nitrogens with zero attached hydrogens (tertiary/aromatic N) is 6. The number of aryl methyl sites for hydroxylation is 1. The molecule has 4 aromatic rings. The Bertz CT molecular complexity index is 953. The Morgan fingerprint density at radius 1 is 1.21 bits per heavy atom. The van der Waals surface area contributed by atoms with Crippen LogP contribution in [-0.2, 0) is 0 Å². The third kappa shape index (κ3) is 2.74. The second-order valence-corrected chi connectivity index (χ2v) is 6.61. The fourth-order valence-electron chi connectivity index (χ4n) is 2.54. The van der Waals surface area contributed by atoms with Crippen molar-refractivity contribution in [2.45, 2.75) is 19.9 Å². The summed E-state index contributed by atoms with van der Waals surface area (Å²) >= 11 is 1.65. The number of aromatic nitrogens is 6. The molecule has 7 heteroatoms. The van der Waals surface area contributed by atoms with E-state index in [-0.39, 0.29) is 6.04 Å². The monoisotopic (exact) mass is 336 g/mol. The highest BCUT2D eigenvalue weighted by Crippen LogP contribution is 2.23. The normalized spacial score (nSPS) is 12.4. The maximum Gasteiger partial charge on any atom is 0.113 e. The zero-order chi connectivity index (χ0) is 16.5. The molecule has 0 saturated heterocycles. The molecule has 1 atom stereocenters. The van der Waals surface area contributed by atoms with E-state index in [1.807, 2.05) is 52.9 Å². The zero-order valence-corrected chi connectivity index (χ0v) is 14.2. The van der Waals surface area contributed by atoms with Crippen LogP contribution >= 0.6 is 11.3 Å².